The molecule has 7 aromatic carbocycles. The summed E-state index contributed by atoms with van der Waals surface area (Å²) in [5.74, 6) is 0. The number of nitrogens with zero attached hydrogens (tertiary/aromatic N) is 1. The number of anilines is 3. The second-order valence-electron chi connectivity index (χ2n) is 15.7. The Morgan fingerprint density at radius 1 is 0.471 bits per heavy atom. The highest BCUT2D eigenvalue weighted by molar-refractivity contribution is 6.31. The van der Waals surface area contributed by atoms with E-state index in [4.69, 9.17) is 16.0 Å². The van der Waals surface area contributed by atoms with Crippen molar-refractivity contribution in [3.8, 4) is 22.3 Å². The van der Waals surface area contributed by atoms with Crippen LogP contribution in [0, 0.1) is 0 Å². The Hall–Kier alpha value is -5.31. The molecule has 0 atom stereocenters. The van der Waals surface area contributed by atoms with Gasteiger partial charge in [-0.25, -0.2) is 0 Å². The Kier molecular flexibility index (Phi) is 8.04. The third kappa shape index (κ3) is 6.30. The lowest BCUT2D eigenvalue weighted by Crippen LogP contribution is -2.14. The molecule has 8 rings (SSSR count). The summed E-state index contributed by atoms with van der Waals surface area (Å²) in [7, 11) is 0. The van der Waals surface area contributed by atoms with Crippen LogP contribution in [0.1, 0.15) is 52.7 Å². The molecular formula is C48H42ClNO. The van der Waals surface area contributed by atoms with E-state index in [1.807, 2.05) is 12.1 Å². The average Bonchev–Trinajstić information content (AvgIpc) is 3.47. The molecule has 8 aromatic rings. The fourth-order valence-corrected chi connectivity index (χ4v) is 7.32. The summed E-state index contributed by atoms with van der Waals surface area (Å²) in [4.78, 5) is 2.35. The summed E-state index contributed by atoms with van der Waals surface area (Å²) in [5, 5.41) is 5.25. The van der Waals surface area contributed by atoms with Gasteiger partial charge in [-0.05, 0) is 110 Å². The van der Waals surface area contributed by atoms with E-state index >= 15 is 0 Å². The zero-order valence-corrected chi connectivity index (χ0v) is 30.8. The van der Waals surface area contributed by atoms with Crippen LogP contribution < -0.4 is 4.90 Å². The van der Waals surface area contributed by atoms with Crippen molar-refractivity contribution in [1.82, 2.24) is 0 Å². The number of benzene rings is 7. The van der Waals surface area contributed by atoms with Crippen LogP contribution in [0.3, 0.4) is 0 Å². The molecule has 51 heavy (non-hydrogen) atoms. The highest BCUT2D eigenvalue weighted by Gasteiger charge is 2.23. The van der Waals surface area contributed by atoms with Gasteiger partial charge in [-0.15, -0.1) is 0 Å². The molecule has 1 aromatic heterocycles. The van der Waals surface area contributed by atoms with Crippen LogP contribution in [0.25, 0.3) is 55.0 Å². The summed E-state index contributed by atoms with van der Waals surface area (Å²) in [6, 6.07) is 52.2. The van der Waals surface area contributed by atoms with Crippen LogP contribution in [-0.4, -0.2) is 0 Å². The highest BCUT2D eigenvalue weighted by atomic mass is 35.5. The summed E-state index contributed by atoms with van der Waals surface area (Å²) in [6.45, 7) is 13.6. The van der Waals surface area contributed by atoms with Crippen molar-refractivity contribution in [3.63, 3.8) is 0 Å². The minimum absolute atomic E-state index is 0.0202. The van der Waals surface area contributed by atoms with Crippen LogP contribution in [0.5, 0.6) is 0 Å². The third-order valence-electron chi connectivity index (χ3n) is 9.97. The van der Waals surface area contributed by atoms with Crippen LogP contribution in [0.2, 0.25) is 5.02 Å². The molecule has 0 bridgehead atoms. The Morgan fingerprint density at radius 3 is 1.82 bits per heavy atom. The molecule has 0 aliphatic carbocycles. The number of hydrogen-bond donors (Lipinski definition) is 0. The second kappa shape index (κ2) is 12.5. The number of rotatable bonds is 5. The van der Waals surface area contributed by atoms with E-state index in [0.29, 0.717) is 5.02 Å². The van der Waals surface area contributed by atoms with Crippen molar-refractivity contribution in [2.45, 2.75) is 52.4 Å². The van der Waals surface area contributed by atoms with Gasteiger partial charge in [0.15, 0.2) is 0 Å². The van der Waals surface area contributed by atoms with Gasteiger partial charge in [0.05, 0.1) is 5.69 Å². The molecule has 0 radical (unpaired) electrons. The van der Waals surface area contributed by atoms with Crippen molar-refractivity contribution in [3.05, 3.63) is 162 Å². The minimum atomic E-state index is -0.0202. The Morgan fingerprint density at radius 2 is 1.12 bits per heavy atom. The Labute approximate surface area is 305 Å². The van der Waals surface area contributed by atoms with Crippen molar-refractivity contribution in [2.24, 2.45) is 0 Å². The summed E-state index contributed by atoms with van der Waals surface area (Å²) in [5.41, 5.74) is 11.9. The molecule has 0 saturated heterocycles. The van der Waals surface area contributed by atoms with Gasteiger partial charge < -0.3 is 9.32 Å². The molecule has 0 amide bonds. The van der Waals surface area contributed by atoms with E-state index < -0.39 is 0 Å². The molecule has 1 heterocycles. The fourth-order valence-electron chi connectivity index (χ4n) is 7.09. The first-order valence-electron chi connectivity index (χ1n) is 17.7. The highest BCUT2D eigenvalue weighted by Crippen LogP contribution is 2.46. The van der Waals surface area contributed by atoms with Crippen LogP contribution in [0.4, 0.5) is 17.1 Å². The van der Waals surface area contributed by atoms with Crippen LogP contribution in [-0.2, 0) is 10.8 Å². The van der Waals surface area contributed by atoms with Crippen molar-refractivity contribution in [2.75, 3.05) is 4.90 Å². The van der Waals surface area contributed by atoms with E-state index in [1.54, 1.807) is 0 Å². The summed E-state index contributed by atoms with van der Waals surface area (Å²) < 4.78 is 6.51. The maximum absolute atomic E-state index is 6.98. The standard InChI is InChI=1S/C48H42ClNO/c1-47(2,3)36-18-17-33-27-46-42(26-34(33)23-36)43-30-39(20-22-45(43)51-46)50(40-25-35(24-38(49)29-40)31-13-9-7-10-14-31)44-21-19-37(48(4,5)6)28-41(44)32-15-11-8-12-16-32/h7-30H,1-6H3. The summed E-state index contributed by atoms with van der Waals surface area (Å²) >= 11 is 6.98. The molecule has 3 heteroatoms. The Balaban J connectivity index is 1.40. The normalized spacial score (nSPS) is 12.2. The number of halogens is 1. The van der Waals surface area contributed by atoms with Gasteiger partial charge in [0, 0.05) is 32.7 Å². The van der Waals surface area contributed by atoms with Crippen LogP contribution in [0.15, 0.2) is 150 Å². The smallest absolute Gasteiger partial charge is 0.136 e. The first-order valence-corrected chi connectivity index (χ1v) is 18.1. The molecule has 0 saturated carbocycles. The topological polar surface area (TPSA) is 16.4 Å². The van der Waals surface area contributed by atoms with Crippen molar-refractivity contribution in [1.29, 1.82) is 0 Å². The van der Waals surface area contributed by atoms with E-state index in [9.17, 15) is 0 Å². The zero-order chi connectivity index (χ0) is 35.5. The molecule has 0 spiro atoms. The lowest BCUT2D eigenvalue weighted by Gasteiger charge is -2.30. The largest absolute Gasteiger partial charge is 0.456 e. The quantitative estimate of drug-likeness (QED) is 0.179. The molecular weight excluding hydrogens is 642 g/mol. The van der Waals surface area contributed by atoms with Gasteiger partial charge in [-0.1, -0.05) is 138 Å². The average molecular weight is 684 g/mol. The van der Waals surface area contributed by atoms with E-state index in [-0.39, 0.29) is 10.8 Å². The first-order chi connectivity index (χ1) is 24.4. The minimum Gasteiger partial charge on any atom is -0.456 e. The fraction of sp³-hybridized carbons (Fsp3) is 0.167. The molecule has 0 aliphatic rings. The number of fused-ring (bicyclic) bond motifs is 4. The van der Waals surface area contributed by atoms with Crippen molar-refractivity contribution < 1.29 is 4.42 Å². The first kappa shape index (κ1) is 32.9. The van der Waals surface area contributed by atoms with Gasteiger partial charge in [-0.3, -0.25) is 0 Å². The monoisotopic (exact) mass is 683 g/mol. The predicted molar refractivity (Wildman–Crippen MR) is 219 cm³/mol. The lowest BCUT2D eigenvalue weighted by atomic mass is 9.84. The van der Waals surface area contributed by atoms with Crippen LogP contribution >= 0.6 is 11.6 Å². The maximum atomic E-state index is 6.98. The lowest BCUT2D eigenvalue weighted by molar-refractivity contribution is 0.590. The van der Waals surface area contributed by atoms with E-state index in [2.05, 4.69) is 180 Å². The van der Waals surface area contributed by atoms with Gasteiger partial charge in [0.1, 0.15) is 11.2 Å². The van der Waals surface area contributed by atoms with Gasteiger partial charge in [0.2, 0.25) is 0 Å². The molecule has 0 aliphatic heterocycles. The second-order valence-corrected chi connectivity index (χ2v) is 16.1. The zero-order valence-electron chi connectivity index (χ0n) is 30.1. The van der Waals surface area contributed by atoms with Gasteiger partial charge >= 0.3 is 0 Å². The SMILES string of the molecule is CC(C)(C)c1ccc(N(c2cc(Cl)cc(-c3ccccc3)c2)c2ccc3oc4cc5ccc(C(C)(C)C)cc5cc4c3c2)c(-c2ccccc2)c1. The number of furan rings is 1. The molecule has 0 unspecified atom stereocenters. The van der Waals surface area contributed by atoms with E-state index in [1.165, 1.54) is 21.9 Å². The van der Waals surface area contributed by atoms with Gasteiger partial charge in [-0.2, -0.15) is 0 Å². The van der Waals surface area contributed by atoms with Crippen molar-refractivity contribution >= 4 is 61.4 Å². The molecule has 252 valence electrons. The van der Waals surface area contributed by atoms with E-state index in [0.717, 1.165) is 61.3 Å². The maximum Gasteiger partial charge on any atom is 0.136 e. The summed E-state index contributed by atoms with van der Waals surface area (Å²) in [6.07, 6.45) is 0. The number of hydrogen-bond acceptors (Lipinski definition) is 2. The third-order valence-corrected chi connectivity index (χ3v) is 10.2. The molecule has 0 N–H and O–H groups in total. The Bertz CT molecular complexity index is 2550. The molecule has 0 fully saturated rings. The molecule has 2 nitrogen and oxygen atoms in total. The van der Waals surface area contributed by atoms with Gasteiger partial charge in [0.25, 0.3) is 0 Å². The predicted octanol–water partition coefficient (Wildman–Crippen LogP) is 14.8.